The summed E-state index contributed by atoms with van der Waals surface area (Å²) >= 11 is 0. The first-order valence-electron chi connectivity index (χ1n) is 11.2. The Bertz CT molecular complexity index is 1040. The Morgan fingerprint density at radius 3 is 2.70 bits per heavy atom. The van der Waals surface area contributed by atoms with Gasteiger partial charge < -0.3 is 19.9 Å². The molecule has 8 heteroatoms. The van der Waals surface area contributed by atoms with Crippen molar-refractivity contribution in [3.63, 3.8) is 0 Å². The molecule has 1 amide bonds. The van der Waals surface area contributed by atoms with Crippen LogP contribution in [0.5, 0.6) is 5.75 Å². The van der Waals surface area contributed by atoms with Crippen molar-refractivity contribution in [3.8, 4) is 5.75 Å². The first-order chi connectivity index (χ1) is 16.1. The predicted molar refractivity (Wildman–Crippen MR) is 129 cm³/mol. The van der Waals surface area contributed by atoms with Crippen molar-refractivity contribution < 1.29 is 9.53 Å². The third kappa shape index (κ3) is 5.97. The number of methoxy groups -OCH3 is 1. The van der Waals surface area contributed by atoms with Crippen LogP contribution in [0.2, 0.25) is 0 Å². The highest BCUT2D eigenvalue weighted by atomic mass is 16.5. The van der Waals surface area contributed by atoms with Gasteiger partial charge >= 0.3 is 0 Å². The average Bonchev–Trinajstić information content (AvgIpc) is 2.88. The summed E-state index contributed by atoms with van der Waals surface area (Å²) in [6.07, 6.45) is 9.16. The molecule has 3 aromatic rings. The van der Waals surface area contributed by atoms with E-state index >= 15 is 0 Å². The molecule has 2 aromatic heterocycles. The van der Waals surface area contributed by atoms with Crippen LogP contribution in [0.1, 0.15) is 30.9 Å². The molecule has 1 aliphatic heterocycles. The van der Waals surface area contributed by atoms with Crippen LogP contribution in [-0.4, -0.2) is 59.6 Å². The van der Waals surface area contributed by atoms with Crippen LogP contribution in [0.15, 0.2) is 61.2 Å². The van der Waals surface area contributed by atoms with Crippen molar-refractivity contribution in [1.29, 1.82) is 0 Å². The molecule has 1 aromatic carbocycles. The lowest BCUT2D eigenvalue weighted by Gasteiger charge is -2.32. The van der Waals surface area contributed by atoms with E-state index in [1.165, 1.54) is 0 Å². The molecule has 0 saturated carbocycles. The van der Waals surface area contributed by atoms with Crippen LogP contribution in [0.4, 0.5) is 17.2 Å². The van der Waals surface area contributed by atoms with Gasteiger partial charge in [0.25, 0.3) is 0 Å². The number of likely N-dealkylation sites (tertiary alicyclic amines) is 1. The van der Waals surface area contributed by atoms with E-state index < -0.39 is 0 Å². The normalized spacial score (nSPS) is 14.1. The van der Waals surface area contributed by atoms with Crippen molar-refractivity contribution in [2.75, 3.05) is 44.0 Å². The molecule has 4 rings (SSSR count). The predicted octanol–water partition coefficient (Wildman–Crippen LogP) is 3.86. The molecule has 0 aliphatic carbocycles. The Morgan fingerprint density at radius 2 is 2.00 bits per heavy atom. The fourth-order valence-corrected chi connectivity index (χ4v) is 4.06. The number of hydrogen-bond acceptors (Lipinski definition) is 7. The maximum atomic E-state index is 12.8. The molecule has 1 aliphatic rings. The molecule has 8 nitrogen and oxygen atoms in total. The number of rotatable bonds is 8. The number of nitrogens with one attached hydrogen (secondary N) is 1. The number of pyridine rings is 1. The monoisotopic (exact) mass is 446 g/mol. The number of anilines is 3. The molecule has 1 N–H and O–H groups in total. The highest BCUT2D eigenvalue weighted by Crippen LogP contribution is 2.28. The zero-order chi connectivity index (χ0) is 23.0. The number of carbonyl (C=O) groups excluding carboxylic acids is 1. The number of amides is 1. The highest BCUT2D eigenvalue weighted by molar-refractivity contribution is 5.77. The summed E-state index contributed by atoms with van der Waals surface area (Å²) in [5.74, 6) is 2.09. The van der Waals surface area contributed by atoms with E-state index in [0.717, 1.165) is 48.7 Å². The van der Waals surface area contributed by atoms with E-state index in [1.54, 1.807) is 25.7 Å². The van der Waals surface area contributed by atoms with E-state index in [1.807, 2.05) is 48.5 Å². The van der Waals surface area contributed by atoms with Gasteiger partial charge in [-0.2, -0.15) is 0 Å². The fraction of sp³-hybridized carbons (Fsp3) is 0.360. The Balaban J connectivity index is 1.24. The van der Waals surface area contributed by atoms with Gasteiger partial charge in [0.05, 0.1) is 25.2 Å². The largest absolute Gasteiger partial charge is 0.497 e. The van der Waals surface area contributed by atoms with Gasteiger partial charge in [0.2, 0.25) is 5.91 Å². The topological polar surface area (TPSA) is 83.5 Å². The Labute approximate surface area is 194 Å². The highest BCUT2D eigenvalue weighted by Gasteiger charge is 2.24. The molecule has 1 saturated heterocycles. The van der Waals surface area contributed by atoms with Gasteiger partial charge in [0.15, 0.2) is 0 Å². The van der Waals surface area contributed by atoms with Crippen LogP contribution in [-0.2, 0) is 4.79 Å². The van der Waals surface area contributed by atoms with Gasteiger partial charge in [-0.05, 0) is 37.1 Å². The third-order valence-corrected chi connectivity index (χ3v) is 6.04. The summed E-state index contributed by atoms with van der Waals surface area (Å²) < 4.78 is 5.29. The van der Waals surface area contributed by atoms with E-state index in [9.17, 15) is 4.79 Å². The molecule has 172 valence electrons. The Kier molecular flexibility index (Phi) is 7.34. The maximum absolute atomic E-state index is 12.8. The van der Waals surface area contributed by atoms with Gasteiger partial charge in [-0.25, -0.2) is 4.98 Å². The van der Waals surface area contributed by atoms with E-state index in [4.69, 9.17) is 4.74 Å². The Morgan fingerprint density at radius 1 is 1.15 bits per heavy atom. The minimum Gasteiger partial charge on any atom is -0.497 e. The molecular weight excluding hydrogens is 416 g/mol. The average molecular weight is 447 g/mol. The summed E-state index contributed by atoms with van der Waals surface area (Å²) in [6.45, 7) is 2.22. The lowest BCUT2D eigenvalue weighted by Crippen LogP contribution is -2.39. The molecule has 0 unspecified atom stereocenters. The number of piperidine rings is 1. The maximum Gasteiger partial charge on any atom is 0.224 e. The number of aromatic nitrogens is 3. The zero-order valence-electron chi connectivity index (χ0n) is 19.1. The van der Waals surface area contributed by atoms with E-state index in [2.05, 4.69) is 31.2 Å². The first kappa shape index (κ1) is 22.5. The SMILES string of the molecule is COc1cccc(N(C)CCC(=O)N2CCC(c3ccc(Nc4cnccn4)cn3)CC2)c1. The summed E-state index contributed by atoms with van der Waals surface area (Å²) in [7, 11) is 3.66. The van der Waals surface area contributed by atoms with Gasteiger partial charge in [-0.1, -0.05) is 6.07 Å². The second-order valence-electron chi connectivity index (χ2n) is 8.22. The molecule has 0 radical (unpaired) electrons. The summed E-state index contributed by atoms with van der Waals surface area (Å²) in [5.41, 5.74) is 3.00. The molecule has 33 heavy (non-hydrogen) atoms. The lowest BCUT2D eigenvalue weighted by atomic mass is 9.93. The number of ether oxygens (including phenoxy) is 1. The van der Waals surface area contributed by atoms with Gasteiger partial charge in [-0.15, -0.1) is 0 Å². The second-order valence-corrected chi connectivity index (χ2v) is 8.22. The van der Waals surface area contributed by atoms with Crippen LogP contribution >= 0.6 is 0 Å². The molecule has 0 bridgehead atoms. The lowest BCUT2D eigenvalue weighted by molar-refractivity contribution is -0.132. The van der Waals surface area contributed by atoms with Gasteiger partial charge in [0, 0.05) is 68.9 Å². The molecule has 0 spiro atoms. The van der Waals surface area contributed by atoms with Crippen molar-refractivity contribution in [2.45, 2.75) is 25.2 Å². The van der Waals surface area contributed by atoms with Crippen LogP contribution in [0, 0.1) is 0 Å². The van der Waals surface area contributed by atoms with Gasteiger partial charge in [0.1, 0.15) is 11.6 Å². The number of hydrogen-bond donors (Lipinski definition) is 1. The number of benzene rings is 1. The van der Waals surface area contributed by atoms with Crippen molar-refractivity contribution in [1.82, 2.24) is 19.9 Å². The van der Waals surface area contributed by atoms with Crippen molar-refractivity contribution >= 4 is 23.1 Å². The first-order valence-corrected chi connectivity index (χ1v) is 11.2. The number of nitrogens with zero attached hydrogens (tertiary/aromatic N) is 5. The third-order valence-electron chi connectivity index (χ3n) is 6.04. The van der Waals surface area contributed by atoms with E-state index in [0.29, 0.717) is 24.7 Å². The summed E-state index contributed by atoms with van der Waals surface area (Å²) in [5, 5.41) is 3.20. The summed E-state index contributed by atoms with van der Waals surface area (Å²) in [4.78, 5) is 29.7. The molecular formula is C25H30N6O2. The second kappa shape index (κ2) is 10.8. The molecule has 0 atom stereocenters. The fourth-order valence-electron chi connectivity index (χ4n) is 4.06. The number of carbonyl (C=O) groups is 1. The Hall–Kier alpha value is -3.68. The van der Waals surface area contributed by atoms with Crippen molar-refractivity contribution in [3.05, 3.63) is 66.9 Å². The van der Waals surface area contributed by atoms with Crippen LogP contribution in [0.3, 0.4) is 0 Å². The summed E-state index contributed by atoms with van der Waals surface area (Å²) in [6, 6.07) is 12.0. The minimum atomic E-state index is 0.208. The van der Waals surface area contributed by atoms with Crippen molar-refractivity contribution in [2.24, 2.45) is 0 Å². The molecule has 1 fully saturated rings. The molecule has 3 heterocycles. The van der Waals surface area contributed by atoms with Crippen LogP contribution in [0.25, 0.3) is 0 Å². The van der Waals surface area contributed by atoms with E-state index in [-0.39, 0.29) is 5.91 Å². The van der Waals surface area contributed by atoms with Crippen LogP contribution < -0.4 is 15.0 Å². The standard InChI is InChI=1S/C25H30N6O2/c1-30(21-4-3-5-22(16-21)33-2)13-10-25(32)31-14-8-19(9-15-31)23-7-6-20(17-28-23)29-24-18-26-11-12-27-24/h3-7,11-12,16-19H,8-10,13-15H2,1-2H3,(H,27,29). The van der Waals surface area contributed by atoms with Gasteiger partial charge in [-0.3, -0.25) is 14.8 Å². The minimum absolute atomic E-state index is 0.208. The smallest absolute Gasteiger partial charge is 0.224 e. The zero-order valence-corrected chi connectivity index (χ0v) is 19.1. The quantitative estimate of drug-likeness (QED) is 0.563.